The molecule has 0 saturated carbocycles. The molecule has 1 aliphatic rings. The lowest BCUT2D eigenvalue weighted by Gasteiger charge is -2.22. The van der Waals surface area contributed by atoms with Crippen molar-refractivity contribution in [3.05, 3.63) is 71.0 Å². The van der Waals surface area contributed by atoms with Gasteiger partial charge in [-0.25, -0.2) is 9.78 Å². The fourth-order valence-electron chi connectivity index (χ4n) is 3.44. The van der Waals surface area contributed by atoms with Crippen molar-refractivity contribution in [1.29, 1.82) is 0 Å². The summed E-state index contributed by atoms with van der Waals surface area (Å²) in [5, 5.41) is 13.7. The topological polar surface area (TPSA) is 150 Å². The van der Waals surface area contributed by atoms with E-state index in [1.807, 2.05) is 0 Å². The molecule has 0 radical (unpaired) electrons. The van der Waals surface area contributed by atoms with Gasteiger partial charge in [-0.3, -0.25) is 0 Å². The molecule has 10 heteroatoms. The molecule has 1 unspecified atom stereocenters. The Bertz CT molecular complexity index is 1390. The summed E-state index contributed by atoms with van der Waals surface area (Å²) in [6, 6.07) is 3.44. The third kappa shape index (κ3) is 3.51. The number of oxazole rings is 1. The monoisotopic (exact) mass is 439 g/mol. The molecule has 1 atom stereocenters. The number of nitrogens with two attached hydrogens (primary N) is 1. The van der Waals surface area contributed by atoms with E-state index in [1.165, 1.54) is 30.7 Å². The average molecular weight is 439 g/mol. The maximum absolute atomic E-state index is 12.1. The van der Waals surface area contributed by atoms with Gasteiger partial charge in [0.15, 0.2) is 5.76 Å². The molecular formula is C21H17N3O6S. The van der Waals surface area contributed by atoms with Gasteiger partial charge in [0, 0.05) is 22.3 Å². The van der Waals surface area contributed by atoms with E-state index < -0.39 is 22.3 Å². The van der Waals surface area contributed by atoms with Crippen molar-refractivity contribution in [3.63, 3.8) is 0 Å². The van der Waals surface area contributed by atoms with Gasteiger partial charge in [-0.15, -0.1) is 0 Å². The molecule has 0 fully saturated rings. The van der Waals surface area contributed by atoms with E-state index in [0.29, 0.717) is 22.6 Å². The van der Waals surface area contributed by atoms with Gasteiger partial charge in [-0.2, -0.15) is 8.42 Å². The number of aryl methyl sites for hydroxylation is 1. The first-order valence-corrected chi connectivity index (χ1v) is 10.2. The van der Waals surface area contributed by atoms with Gasteiger partial charge in [0.05, 0.1) is 23.5 Å². The standard InChI is InChI=1S/C21H17N3O6S/c1-10-11(2)24-30-18(10)15-6-5-14(19(17(15)22)31(27)28)13-4-3-12(9-16(13)21(25)26)20-23-7-8-29-20/h3-9,17H,22H2,1-2H3,(H,25,26). The number of allylic oxidation sites excluding steroid dienone is 2. The van der Waals surface area contributed by atoms with Crippen molar-refractivity contribution in [2.24, 2.45) is 5.73 Å². The van der Waals surface area contributed by atoms with Gasteiger partial charge in [0.25, 0.3) is 0 Å². The third-order valence-corrected chi connectivity index (χ3v) is 5.96. The van der Waals surface area contributed by atoms with E-state index in [2.05, 4.69) is 10.1 Å². The van der Waals surface area contributed by atoms with Gasteiger partial charge < -0.3 is 19.8 Å². The van der Waals surface area contributed by atoms with E-state index in [1.54, 1.807) is 26.0 Å². The van der Waals surface area contributed by atoms with Crippen molar-refractivity contribution in [2.45, 2.75) is 19.9 Å². The van der Waals surface area contributed by atoms with E-state index in [0.717, 1.165) is 5.56 Å². The highest BCUT2D eigenvalue weighted by molar-refractivity contribution is 7.74. The highest BCUT2D eigenvalue weighted by atomic mass is 32.2. The number of aromatic nitrogens is 2. The molecule has 9 nitrogen and oxygen atoms in total. The van der Waals surface area contributed by atoms with Crippen molar-refractivity contribution in [1.82, 2.24) is 10.1 Å². The minimum atomic E-state index is -2.72. The number of carboxylic acids is 1. The molecule has 4 rings (SSSR count). The zero-order valence-corrected chi connectivity index (χ0v) is 17.3. The quantitative estimate of drug-likeness (QED) is 0.584. The summed E-state index contributed by atoms with van der Waals surface area (Å²) in [7, 11) is -2.72. The fourth-order valence-corrected chi connectivity index (χ4v) is 4.13. The minimum Gasteiger partial charge on any atom is -0.478 e. The van der Waals surface area contributed by atoms with Crippen LogP contribution in [0, 0.1) is 13.8 Å². The largest absolute Gasteiger partial charge is 0.478 e. The number of hydrogen-bond donors (Lipinski definition) is 2. The first kappa shape index (κ1) is 20.5. The second kappa shape index (κ2) is 7.82. The first-order valence-electron chi connectivity index (χ1n) is 9.14. The van der Waals surface area contributed by atoms with Crippen LogP contribution in [0.5, 0.6) is 0 Å². The SMILES string of the molecule is Cc1noc(C2=CC=C(c3ccc(-c4ncco4)cc3C(=O)O)C(=S(=O)=O)C2N)c1C. The van der Waals surface area contributed by atoms with Gasteiger partial charge >= 0.3 is 5.97 Å². The Kier molecular flexibility index (Phi) is 5.17. The molecule has 0 spiro atoms. The maximum atomic E-state index is 12.1. The van der Waals surface area contributed by atoms with Crippen LogP contribution in [-0.2, 0) is 10.3 Å². The number of aromatic carboxylic acids is 1. The molecule has 31 heavy (non-hydrogen) atoms. The van der Waals surface area contributed by atoms with Gasteiger partial charge in [0.1, 0.15) is 11.1 Å². The number of benzene rings is 1. The maximum Gasteiger partial charge on any atom is 0.336 e. The molecule has 0 amide bonds. The Morgan fingerprint density at radius 3 is 2.58 bits per heavy atom. The molecule has 2 heterocycles. The van der Waals surface area contributed by atoms with E-state index in [4.69, 9.17) is 14.7 Å². The third-order valence-electron chi connectivity index (χ3n) is 5.13. The fraction of sp³-hybridized carbons (Fsp3) is 0.143. The predicted octanol–water partition coefficient (Wildman–Crippen LogP) is 2.50. The summed E-state index contributed by atoms with van der Waals surface area (Å²) in [6.45, 7) is 3.56. The highest BCUT2D eigenvalue weighted by Crippen LogP contribution is 2.34. The molecule has 0 bridgehead atoms. The smallest absolute Gasteiger partial charge is 0.336 e. The molecule has 1 aliphatic carbocycles. The second-order valence-corrected chi connectivity index (χ2v) is 7.81. The Hall–Kier alpha value is -3.76. The zero-order chi connectivity index (χ0) is 22.3. The lowest BCUT2D eigenvalue weighted by atomic mass is 9.85. The molecule has 2 aromatic heterocycles. The Labute approximate surface area is 178 Å². The summed E-state index contributed by atoms with van der Waals surface area (Å²) < 4.78 is 34.9. The number of carbonyl (C=O) groups is 1. The molecule has 1 aromatic carbocycles. The van der Waals surface area contributed by atoms with Crippen LogP contribution in [0.1, 0.15) is 32.9 Å². The van der Waals surface area contributed by atoms with Crippen molar-refractivity contribution in [2.75, 3.05) is 0 Å². The van der Waals surface area contributed by atoms with Crippen LogP contribution in [0.15, 0.2) is 51.8 Å². The number of carboxylic acid groups (broad SMARTS) is 1. The summed E-state index contributed by atoms with van der Waals surface area (Å²) in [6.07, 6.45) is 5.96. The Balaban J connectivity index is 1.91. The van der Waals surface area contributed by atoms with Crippen molar-refractivity contribution < 1.29 is 27.3 Å². The molecule has 0 saturated heterocycles. The van der Waals surface area contributed by atoms with Crippen LogP contribution >= 0.6 is 0 Å². The lowest BCUT2D eigenvalue weighted by Crippen LogP contribution is -2.35. The van der Waals surface area contributed by atoms with Gasteiger partial charge in [-0.05, 0) is 31.5 Å². The molecule has 0 aliphatic heterocycles. The van der Waals surface area contributed by atoms with E-state index >= 15 is 0 Å². The summed E-state index contributed by atoms with van der Waals surface area (Å²) in [4.78, 5) is 15.8. The van der Waals surface area contributed by atoms with Gasteiger partial charge in [-0.1, -0.05) is 23.4 Å². The van der Waals surface area contributed by atoms with E-state index in [-0.39, 0.29) is 27.5 Å². The van der Waals surface area contributed by atoms with Crippen molar-refractivity contribution >= 4 is 32.3 Å². The number of nitrogens with zero attached hydrogens (tertiary/aromatic N) is 2. The molecule has 3 aromatic rings. The number of rotatable bonds is 4. The van der Waals surface area contributed by atoms with Crippen LogP contribution in [0.3, 0.4) is 0 Å². The molecule has 3 N–H and O–H groups in total. The summed E-state index contributed by atoms with van der Waals surface area (Å²) >= 11 is 0. The van der Waals surface area contributed by atoms with Crippen LogP contribution < -0.4 is 5.73 Å². The normalized spacial score (nSPS) is 16.1. The van der Waals surface area contributed by atoms with Crippen LogP contribution in [0.4, 0.5) is 0 Å². The average Bonchev–Trinajstić information content (AvgIpc) is 3.38. The Morgan fingerprint density at radius 2 is 2.00 bits per heavy atom. The lowest BCUT2D eigenvalue weighted by molar-refractivity contribution is 0.0696. The molecular weight excluding hydrogens is 422 g/mol. The molecule has 158 valence electrons. The Morgan fingerprint density at radius 1 is 1.23 bits per heavy atom. The minimum absolute atomic E-state index is 0.111. The van der Waals surface area contributed by atoms with Gasteiger partial charge in [0.2, 0.25) is 16.2 Å². The van der Waals surface area contributed by atoms with Crippen LogP contribution in [0.25, 0.3) is 22.6 Å². The predicted molar refractivity (Wildman–Crippen MR) is 113 cm³/mol. The zero-order valence-electron chi connectivity index (χ0n) is 16.5. The van der Waals surface area contributed by atoms with Crippen LogP contribution in [-0.4, -0.2) is 40.5 Å². The summed E-state index contributed by atoms with van der Waals surface area (Å²) in [5.74, 6) is -0.593. The van der Waals surface area contributed by atoms with E-state index in [9.17, 15) is 18.3 Å². The van der Waals surface area contributed by atoms with Crippen molar-refractivity contribution in [3.8, 4) is 11.5 Å². The van der Waals surface area contributed by atoms with Crippen LogP contribution in [0.2, 0.25) is 0 Å². The number of hydrogen-bond acceptors (Lipinski definition) is 8. The highest BCUT2D eigenvalue weighted by Gasteiger charge is 2.31. The second-order valence-electron chi connectivity index (χ2n) is 6.90. The summed E-state index contributed by atoms with van der Waals surface area (Å²) in [5.41, 5.74) is 8.88. The first-order chi connectivity index (χ1) is 14.8.